The molecule has 0 aliphatic carbocycles. The van der Waals surface area contributed by atoms with Crippen LogP contribution < -0.4 is 15.0 Å². The molecular weight excluding hydrogens is 316 g/mol. The van der Waals surface area contributed by atoms with Crippen molar-refractivity contribution in [3.63, 3.8) is 0 Å². The third-order valence-electron chi connectivity index (χ3n) is 4.72. The smallest absolute Gasteiger partial charge is 0.262 e. The van der Waals surface area contributed by atoms with Crippen LogP contribution in [0.2, 0.25) is 0 Å². The summed E-state index contributed by atoms with van der Waals surface area (Å²) in [7, 11) is 0. The third kappa shape index (κ3) is 3.09. The van der Waals surface area contributed by atoms with E-state index in [1.54, 1.807) is 18.2 Å². The van der Waals surface area contributed by atoms with Crippen LogP contribution in [0.5, 0.6) is 5.75 Å². The first-order valence-corrected chi connectivity index (χ1v) is 8.54. The number of carbonyl (C=O) groups is 2. The van der Waals surface area contributed by atoms with Gasteiger partial charge in [-0.05, 0) is 49.6 Å². The number of nitrogens with one attached hydrogen (secondary N) is 1. The summed E-state index contributed by atoms with van der Waals surface area (Å²) >= 11 is 0. The molecule has 2 aromatic carbocycles. The van der Waals surface area contributed by atoms with E-state index in [2.05, 4.69) is 35.3 Å². The van der Waals surface area contributed by atoms with Gasteiger partial charge in [0.15, 0.2) is 12.4 Å². The van der Waals surface area contributed by atoms with Crippen molar-refractivity contribution >= 4 is 23.1 Å². The highest BCUT2D eigenvalue weighted by atomic mass is 16.5. The summed E-state index contributed by atoms with van der Waals surface area (Å²) in [6.07, 6.45) is 2.11. The van der Waals surface area contributed by atoms with Crippen molar-refractivity contribution in [1.82, 2.24) is 0 Å². The molecule has 5 nitrogen and oxygen atoms in total. The molecule has 2 aliphatic rings. The van der Waals surface area contributed by atoms with Gasteiger partial charge in [0, 0.05) is 17.8 Å². The fourth-order valence-corrected chi connectivity index (χ4v) is 3.49. The molecule has 2 aromatic rings. The number of hydrogen-bond acceptors (Lipinski definition) is 4. The highest BCUT2D eigenvalue weighted by Crippen LogP contribution is 2.30. The maximum Gasteiger partial charge on any atom is 0.262 e. The summed E-state index contributed by atoms with van der Waals surface area (Å²) in [6, 6.07) is 11.6. The quantitative estimate of drug-likeness (QED) is 0.876. The second kappa shape index (κ2) is 6.24. The number of anilines is 2. The van der Waals surface area contributed by atoms with Crippen molar-refractivity contribution in [2.75, 3.05) is 29.9 Å². The van der Waals surface area contributed by atoms with Crippen LogP contribution >= 0.6 is 0 Å². The summed E-state index contributed by atoms with van der Waals surface area (Å²) in [5.41, 5.74) is 4.86. The van der Waals surface area contributed by atoms with Crippen LogP contribution in [0.3, 0.4) is 0 Å². The molecule has 4 rings (SSSR count). The molecule has 0 spiro atoms. The first-order chi connectivity index (χ1) is 12.1. The Morgan fingerprint density at radius 3 is 3.00 bits per heavy atom. The predicted molar refractivity (Wildman–Crippen MR) is 96.6 cm³/mol. The van der Waals surface area contributed by atoms with Crippen LogP contribution in [0, 0.1) is 6.92 Å². The Hall–Kier alpha value is -2.82. The van der Waals surface area contributed by atoms with Gasteiger partial charge in [-0.15, -0.1) is 0 Å². The van der Waals surface area contributed by atoms with Crippen molar-refractivity contribution in [2.24, 2.45) is 0 Å². The zero-order valence-corrected chi connectivity index (χ0v) is 14.2. The summed E-state index contributed by atoms with van der Waals surface area (Å²) < 4.78 is 5.34. The molecule has 0 radical (unpaired) electrons. The average Bonchev–Trinajstić information content (AvgIpc) is 2.61. The van der Waals surface area contributed by atoms with E-state index in [-0.39, 0.29) is 18.3 Å². The molecule has 2 aliphatic heterocycles. The van der Waals surface area contributed by atoms with Gasteiger partial charge in [-0.2, -0.15) is 0 Å². The van der Waals surface area contributed by atoms with E-state index in [0.717, 1.165) is 25.1 Å². The minimum Gasteiger partial charge on any atom is -0.482 e. The van der Waals surface area contributed by atoms with E-state index in [4.69, 9.17) is 4.74 Å². The number of benzene rings is 2. The van der Waals surface area contributed by atoms with Gasteiger partial charge >= 0.3 is 0 Å². The van der Waals surface area contributed by atoms with E-state index in [1.165, 1.54) is 11.1 Å². The lowest BCUT2D eigenvalue weighted by molar-refractivity contribution is -0.118. The lowest BCUT2D eigenvalue weighted by Crippen LogP contribution is -2.34. The maximum atomic E-state index is 12.8. The number of nitrogens with zero attached hydrogens (tertiary/aromatic N) is 1. The Morgan fingerprint density at radius 1 is 1.24 bits per heavy atom. The Bertz CT molecular complexity index is 860. The normalized spacial score (nSPS) is 15.7. The Morgan fingerprint density at radius 2 is 2.12 bits per heavy atom. The first kappa shape index (κ1) is 15.7. The highest BCUT2D eigenvalue weighted by Gasteiger charge is 2.22. The van der Waals surface area contributed by atoms with Crippen LogP contribution in [0.15, 0.2) is 36.4 Å². The van der Waals surface area contributed by atoms with Gasteiger partial charge in [0.05, 0.1) is 12.2 Å². The van der Waals surface area contributed by atoms with Gasteiger partial charge in [-0.3, -0.25) is 9.59 Å². The lowest BCUT2D eigenvalue weighted by atomic mass is 9.99. The minimum absolute atomic E-state index is 0.0181. The zero-order valence-electron chi connectivity index (χ0n) is 14.2. The number of ether oxygens (including phenoxy) is 1. The van der Waals surface area contributed by atoms with E-state index in [0.29, 0.717) is 23.5 Å². The number of hydrogen-bond donors (Lipinski definition) is 1. The van der Waals surface area contributed by atoms with Gasteiger partial charge < -0.3 is 15.0 Å². The Labute approximate surface area is 146 Å². The molecule has 1 N–H and O–H groups in total. The summed E-state index contributed by atoms with van der Waals surface area (Å²) in [4.78, 5) is 26.4. The molecule has 5 heteroatoms. The van der Waals surface area contributed by atoms with Crippen LogP contribution in [-0.4, -0.2) is 31.4 Å². The molecule has 0 fully saturated rings. The number of ketones is 1. The number of fused-ring (bicyclic) bond motifs is 2. The summed E-state index contributed by atoms with van der Waals surface area (Å²) in [6.45, 7) is 3.33. The molecule has 25 heavy (non-hydrogen) atoms. The number of Topliss-reactive ketones (excluding diaryl/α,β-unsaturated/α-hetero) is 1. The van der Waals surface area contributed by atoms with Crippen LogP contribution in [0.25, 0.3) is 0 Å². The van der Waals surface area contributed by atoms with Crippen LogP contribution in [0.4, 0.5) is 11.4 Å². The Balaban J connectivity index is 1.55. The van der Waals surface area contributed by atoms with Gasteiger partial charge in [0.2, 0.25) is 0 Å². The number of rotatable bonds is 3. The number of aryl methyl sites for hydroxylation is 2. The van der Waals surface area contributed by atoms with Gasteiger partial charge in [-0.25, -0.2) is 0 Å². The van der Waals surface area contributed by atoms with E-state index < -0.39 is 0 Å². The fourth-order valence-electron chi connectivity index (χ4n) is 3.49. The molecular formula is C20H20N2O3. The third-order valence-corrected chi connectivity index (χ3v) is 4.72. The standard InChI is InChI=1S/C20H20N2O3/c1-13-4-6-17-14(9-13)3-2-8-22(17)11-18(23)15-5-7-19-16(10-15)21-20(24)12-25-19/h4-7,9-10H,2-3,8,11-12H2,1H3,(H,21,24). The van der Waals surface area contributed by atoms with Crippen molar-refractivity contribution in [1.29, 1.82) is 0 Å². The molecule has 0 atom stereocenters. The minimum atomic E-state index is -0.197. The molecule has 0 aromatic heterocycles. The van der Waals surface area contributed by atoms with Crippen molar-refractivity contribution in [3.8, 4) is 5.75 Å². The van der Waals surface area contributed by atoms with Crippen molar-refractivity contribution in [3.05, 3.63) is 53.1 Å². The molecule has 0 saturated heterocycles. The molecule has 0 saturated carbocycles. The number of amides is 1. The monoisotopic (exact) mass is 336 g/mol. The maximum absolute atomic E-state index is 12.8. The largest absolute Gasteiger partial charge is 0.482 e. The number of carbonyl (C=O) groups excluding carboxylic acids is 2. The van der Waals surface area contributed by atoms with Crippen molar-refractivity contribution < 1.29 is 14.3 Å². The average molecular weight is 336 g/mol. The van der Waals surface area contributed by atoms with Gasteiger partial charge in [-0.1, -0.05) is 17.7 Å². The second-order valence-electron chi connectivity index (χ2n) is 6.63. The van der Waals surface area contributed by atoms with Gasteiger partial charge in [0.1, 0.15) is 5.75 Å². The molecule has 2 heterocycles. The van der Waals surface area contributed by atoms with Crippen molar-refractivity contribution in [2.45, 2.75) is 19.8 Å². The van der Waals surface area contributed by atoms with E-state index in [9.17, 15) is 9.59 Å². The first-order valence-electron chi connectivity index (χ1n) is 8.54. The molecule has 128 valence electrons. The molecule has 0 bridgehead atoms. The zero-order chi connectivity index (χ0) is 17.4. The highest BCUT2D eigenvalue weighted by molar-refractivity contribution is 6.02. The van der Waals surface area contributed by atoms with E-state index >= 15 is 0 Å². The summed E-state index contributed by atoms with van der Waals surface area (Å²) in [5.74, 6) is 0.448. The second-order valence-corrected chi connectivity index (χ2v) is 6.63. The Kier molecular flexibility index (Phi) is 3.92. The van der Waals surface area contributed by atoms with Crippen LogP contribution in [0.1, 0.15) is 27.9 Å². The van der Waals surface area contributed by atoms with Crippen LogP contribution in [-0.2, 0) is 11.2 Å². The topological polar surface area (TPSA) is 58.6 Å². The SMILES string of the molecule is Cc1ccc2c(c1)CCCN2CC(=O)c1ccc2c(c1)NC(=O)CO2. The predicted octanol–water partition coefficient (Wildman–Crippen LogP) is 2.96. The summed E-state index contributed by atoms with van der Waals surface area (Å²) in [5, 5.41) is 2.75. The molecule has 1 amide bonds. The molecule has 0 unspecified atom stereocenters. The fraction of sp³-hybridized carbons (Fsp3) is 0.300. The lowest BCUT2D eigenvalue weighted by Gasteiger charge is -2.31. The van der Waals surface area contributed by atoms with Gasteiger partial charge in [0.25, 0.3) is 5.91 Å². The van der Waals surface area contributed by atoms with E-state index in [1.807, 2.05) is 0 Å².